The summed E-state index contributed by atoms with van der Waals surface area (Å²) in [4.78, 5) is 42.2. The van der Waals surface area contributed by atoms with Gasteiger partial charge in [0.25, 0.3) is 5.92 Å². The van der Waals surface area contributed by atoms with Gasteiger partial charge in [0.1, 0.15) is 17.1 Å². The van der Waals surface area contributed by atoms with Crippen LogP contribution in [0.3, 0.4) is 0 Å². The van der Waals surface area contributed by atoms with E-state index in [-0.39, 0.29) is 30.2 Å². The molecule has 3 aliphatic heterocycles. The first kappa shape index (κ1) is 25.6. The Hall–Kier alpha value is -2.72. The minimum atomic E-state index is -2.90. The molecule has 0 spiro atoms. The fraction of sp³-hybridized carbons (Fsp3) is 0.778. The van der Waals surface area contributed by atoms with Crippen molar-refractivity contribution in [2.24, 2.45) is 17.8 Å². The molecule has 0 unspecified atom stereocenters. The van der Waals surface area contributed by atoms with E-state index in [2.05, 4.69) is 16.8 Å². The van der Waals surface area contributed by atoms with Gasteiger partial charge in [-0.25, -0.2) is 9.78 Å². The predicted molar refractivity (Wildman–Crippen MR) is 137 cm³/mol. The zero-order valence-corrected chi connectivity index (χ0v) is 22.8. The van der Waals surface area contributed by atoms with Gasteiger partial charge in [0.15, 0.2) is 0 Å². The largest absolute Gasteiger partial charge is 0.444 e. The summed E-state index contributed by atoms with van der Waals surface area (Å²) in [7, 11) is 0. The number of hydrogen-bond acceptors (Lipinski definition) is 7. The molecule has 3 saturated heterocycles. The van der Waals surface area contributed by atoms with Crippen LogP contribution in [0.25, 0.3) is 0 Å². The summed E-state index contributed by atoms with van der Waals surface area (Å²) in [6.07, 6.45) is 1.29. The van der Waals surface area contributed by atoms with Gasteiger partial charge in [-0.1, -0.05) is 0 Å². The van der Waals surface area contributed by atoms with Gasteiger partial charge in [-0.2, -0.15) is 13.8 Å². The third-order valence-electron chi connectivity index (χ3n) is 8.95. The molecule has 0 radical (unpaired) electrons. The average Bonchev–Trinajstić information content (AvgIpc) is 3.15. The molecule has 5 aliphatic rings. The van der Waals surface area contributed by atoms with E-state index >= 15 is 0 Å². The van der Waals surface area contributed by atoms with Gasteiger partial charge >= 0.3 is 6.09 Å². The van der Waals surface area contributed by atoms with E-state index in [1.54, 1.807) is 4.90 Å². The fourth-order valence-electron chi connectivity index (χ4n) is 6.52. The molecule has 2 aliphatic carbocycles. The Morgan fingerprint density at radius 3 is 2.26 bits per heavy atom. The standard InChI is InChI=1S/C27H38F2N6O3/c1-16-6-8-35(16)24-30-22-17(5-7-27(22,28)29)23(31-24)34-14-19-18(20(19)15-34)13-21(36)32-9-11-33(12-10-32)25(37)38-26(2,3)4/h16,18-20H,5-15H2,1-4H3/t16-,18-,19-,20+/m0/s1. The summed E-state index contributed by atoms with van der Waals surface area (Å²) in [5.41, 5.74) is -0.0263. The van der Waals surface area contributed by atoms with Crippen LogP contribution in [0, 0.1) is 17.8 Å². The van der Waals surface area contributed by atoms with Gasteiger partial charge < -0.3 is 24.3 Å². The molecule has 4 atom stereocenters. The maximum atomic E-state index is 14.7. The van der Waals surface area contributed by atoms with Crippen LogP contribution in [-0.2, 0) is 21.9 Å². The molecule has 2 amide bonds. The first-order valence-corrected chi connectivity index (χ1v) is 14.0. The van der Waals surface area contributed by atoms with Crippen LogP contribution in [0.5, 0.6) is 0 Å². The Morgan fingerprint density at radius 2 is 1.68 bits per heavy atom. The topological polar surface area (TPSA) is 82.1 Å². The summed E-state index contributed by atoms with van der Waals surface area (Å²) in [5.74, 6) is -0.554. The van der Waals surface area contributed by atoms with E-state index in [1.165, 1.54) is 0 Å². The average molecular weight is 533 g/mol. The van der Waals surface area contributed by atoms with E-state index in [4.69, 9.17) is 9.72 Å². The Labute approximate surface area is 222 Å². The number of piperazine rings is 1. The van der Waals surface area contributed by atoms with Crippen molar-refractivity contribution in [3.63, 3.8) is 0 Å². The summed E-state index contributed by atoms with van der Waals surface area (Å²) >= 11 is 0. The molecule has 9 nitrogen and oxygen atoms in total. The zero-order valence-electron chi connectivity index (χ0n) is 22.8. The first-order chi connectivity index (χ1) is 17.9. The highest BCUT2D eigenvalue weighted by molar-refractivity contribution is 5.77. The van der Waals surface area contributed by atoms with Crippen LogP contribution in [-0.4, -0.2) is 89.2 Å². The van der Waals surface area contributed by atoms with Crippen LogP contribution in [0.2, 0.25) is 0 Å². The molecule has 208 valence electrons. The number of piperidine rings is 1. The molecule has 4 fully saturated rings. The normalized spacial score (nSPS) is 29.6. The number of alkyl halides is 2. The smallest absolute Gasteiger partial charge is 0.410 e. The van der Waals surface area contributed by atoms with Crippen molar-refractivity contribution >= 4 is 23.8 Å². The van der Waals surface area contributed by atoms with Gasteiger partial charge in [-0.3, -0.25) is 4.79 Å². The Bertz CT molecular complexity index is 1120. The monoisotopic (exact) mass is 532 g/mol. The number of aromatic nitrogens is 2. The van der Waals surface area contributed by atoms with E-state index in [1.807, 2.05) is 30.6 Å². The molecule has 6 rings (SSSR count). The number of rotatable bonds is 4. The number of carbonyl (C=O) groups is 2. The van der Waals surface area contributed by atoms with Crippen molar-refractivity contribution in [2.45, 2.75) is 70.9 Å². The lowest BCUT2D eigenvalue weighted by molar-refractivity contribution is -0.133. The number of hydrogen-bond donors (Lipinski definition) is 0. The number of amides is 2. The summed E-state index contributed by atoms with van der Waals surface area (Å²) in [6, 6.07) is 0.268. The summed E-state index contributed by atoms with van der Waals surface area (Å²) in [5, 5.41) is 0. The Kier molecular flexibility index (Phi) is 5.99. The predicted octanol–water partition coefficient (Wildman–Crippen LogP) is 3.26. The number of ether oxygens (including phenoxy) is 1. The lowest BCUT2D eigenvalue weighted by Gasteiger charge is -2.39. The minimum absolute atomic E-state index is 0.0885. The van der Waals surface area contributed by atoms with Crippen molar-refractivity contribution < 1.29 is 23.1 Å². The van der Waals surface area contributed by atoms with E-state index < -0.39 is 11.5 Å². The number of carbonyl (C=O) groups excluding carboxylic acids is 2. The minimum Gasteiger partial charge on any atom is -0.444 e. The van der Waals surface area contributed by atoms with Crippen molar-refractivity contribution in [2.75, 3.05) is 55.6 Å². The Morgan fingerprint density at radius 1 is 1.03 bits per heavy atom. The molecule has 38 heavy (non-hydrogen) atoms. The molecule has 4 heterocycles. The van der Waals surface area contributed by atoms with Crippen LogP contribution >= 0.6 is 0 Å². The fourth-order valence-corrected chi connectivity index (χ4v) is 6.52. The molecule has 11 heteroatoms. The highest BCUT2D eigenvalue weighted by Crippen LogP contribution is 2.55. The highest BCUT2D eigenvalue weighted by atomic mass is 19.3. The quantitative estimate of drug-likeness (QED) is 0.589. The maximum absolute atomic E-state index is 14.7. The van der Waals surface area contributed by atoms with Crippen LogP contribution in [0.4, 0.5) is 25.3 Å². The lowest BCUT2D eigenvalue weighted by atomic mass is 10.1. The second kappa shape index (κ2) is 8.91. The first-order valence-electron chi connectivity index (χ1n) is 14.0. The maximum Gasteiger partial charge on any atom is 0.410 e. The summed E-state index contributed by atoms with van der Waals surface area (Å²) < 4.78 is 34.8. The number of fused-ring (bicyclic) bond motifs is 2. The van der Waals surface area contributed by atoms with E-state index in [9.17, 15) is 18.4 Å². The van der Waals surface area contributed by atoms with E-state index in [0.717, 1.165) is 26.1 Å². The third kappa shape index (κ3) is 4.55. The SMILES string of the molecule is C[C@H]1CCN1c1nc(N2C[C@@H]3[C@@H](CC(=O)N4CCN(C(=O)OC(C)(C)C)CC4)[C@@H]3C2)c2c(n1)C(F)(F)CC2. The number of halogens is 2. The van der Waals surface area contributed by atoms with Gasteiger partial charge in [-0.15, -0.1) is 0 Å². The molecule has 1 aromatic heterocycles. The highest BCUT2D eigenvalue weighted by Gasteiger charge is 2.57. The lowest BCUT2D eigenvalue weighted by Crippen LogP contribution is -2.51. The van der Waals surface area contributed by atoms with Crippen LogP contribution in [0.1, 0.15) is 58.2 Å². The van der Waals surface area contributed by atoms with Gasteiger partial charge in [0.05, 0.1) is 0 Å². The van der Waals surface area contributed by atoms with Gasteiger partial charge in [0, 0.05) is 70.3 Å². The molecule has 1 saturated carbocycles. The molecular formula is C27H38F2N6O3. The number of nitrogens with zero attached hydrogens (tertiary/aromatic N) is 6. The van der Waals surface area contributed by atoms with Gasteiger partial charge in [-0.05, 0) is 58.3 Å². The van der Waals surface area contributed by atoms with Crippen molar-refractivity contribution in [1.29, 1.82) is 0 Å². The van der Waals surface area contributed by atoms with Crippen molar-refractivity contribution in [1.82, 2.24) is 19.8 Å². The molecule has 0 N–H and O–H groups in total. The van der Waals surface area contributed by atoms with Gasteiger partial charge in [0.2, 0.25) is 11.9 Å². The van der Waals surface area contributed by atoms with Crippen molar-refractivity contribution in [3.8, 4) is 0 Å². The van der Waals surface area contributed by atoms with Crippen molar-refractivity contribution in [3.05, 3.63) is 11.3 Å². The molecule has 0 bridgehead atoms. The second-order valence-corrected chi connectivity index (χ2v) is 12.7. The van der Waals surface area contributed by atoms with Crippen LogP contribution < -0.4 is 9.80 Å². The number of anilines is 2. The zero-order chi connectivity index (χ0) is 27.0. The second-order valence-electron chi connectivity index (χ2n) is 12.7. The third-order valence-corrected chi connectivity index (χ3v) is 8.95. The molecular weight excluding hydrogens is 494 g/mol. The Balaban J connectivity index is 1.05. The molecule has 1 aromatic rings. The van der Waals surface area contributed by atoms with E-state index in [0.29, 0.717) is 74.1 Å². The summed E-state index contributed by atoms with van der Waals surface area (Å²) in [6.45, 7) is 11.9. The molecule has 0 aromatic carbocycles. The van der Waals surface area contributed by atoms with Crippen LogP contribution in [0.15, 0.2) is 0 Å².